The number of nitrogens with one attached hydrogen (secondary N) is 6. The van der Waals surface area contributed by atoms with E-state index in [1.54, 1.807) is 161 Å². The molecule has 0 bridgehead atoms. The molecule has 812 valence electrons. The van der Waals surface area contributed by atoms with Gasteiger partial charge < -0.3 is 50.7 Å². The van der Waals surface area contributed by atoms with Gasteiger partial charge in [0, 0.05) is 145 Å². The summed E-state index contributed by atoms with van der Waals surface area (Å²) < 4.78 is 170. The number of aliphatic hydroxyl groups is 4. The predicted octanol–water partition coefficient (Wildman–Crippen LogP) is 17.1. The second-order valence-electron chi connectivity index (χ2n) is 42.0. The lowest BCUT2D eigenvalue weighted by Crippen LogP contribution is -2.52. The highest BCUT2D eigenvalue weighted by Crippen LogP contribution is 2.36. The Bertz CT molecular complexity index is 6580. The highest BCUT2D eigenvalue weighted by atomic mass is 16.5. The number of hydrazine groups is 3. The van der Waals surface area contributed by atoms with Crippen LogP contribution in [0.3, 0.4) is 0 Å². The Balaban J connectivity index is 0.000000385. The van der Waals surface area contributed by atoms with Crippen molar-refractivity contribution >= 4 is 70.3 Å². The number of carbonyl (C=O) groups is 12. The molecular formula is C121H166N12O17. The van der Waals surface area contributed by atoms with Gasteiger partial charge in [0.2, 0.25) is 35.4 Å². The first-order chi connectivity index (χ1) is 78.1. The van der Waals surface area contributed by atoms with Crippen molar-refractivity contribution in [2.24, 2.45) is 68.0 Å². The molecule has 9 rings (SSSR count). The Morgan fingerprint density at radius 2 is 0.620 bits per heavy atom. The molecule has 29 heteroatoms. The van der Waals surface area contributed by atoms with Crippen molar-refractivity contribution < 1.29 is 110 Å². The zero-order valence-corrected chi connectivity index (χ0v) is 88.3. The Morgan fingerprint density at radius 1 is 0.347 bits per heavy atom. The van der Waals surface area contributed by atoms with E-state index >= 15 is 0 Å². The highest BCUT2D eigenvalue weighted by Gasteiger charge is 2.43. The maximum atomic E-state index is 14.3. The molecule has 3 aromatic heterocycles. The number of nitrogens with zero attached hydrogens (tertiary/aromatic N) is 6. The zero-order valence-electron chi connectivity index (χ0n) is 108. The van der Waals surface area contributed by atoms with Crippen LogP contribution in [0.1, 0.15) is 259 Å². The lowest BCUT2D eigenvalue weighted by molar-refractivity contribution is -0.148. The minimum absolute atomic E-state index is 0. The summed E-state index contributed by atoms with van der Waals surface area (Å²) in [7, 11) is 1.18. The molecule has 0 aliphatic rings. The van der Waals surface area contributed by atoms with Crippen molar-refractivity contribution in [2.75, 3.05) is 33.4 Å². The molecule has 0 saturated heterocycles. The van der Waals surface area contributed by atoms with Gasteiger partial charge in [-0.15, -0.1) is 0 Å². The number of amides is 6. The van der Waals surface area contributed by atoms with E-state index in [0.29, 0.717) is 22.4 Å². The van der Waals surface area contributed by atoms with E-state index < -0.39 is 243 Å². The number of ether oxygens (including phenoxy) is 1. The third kappa shape index (κ3) is 43.2. The average molecular weight is 2080 g/mol. The number of aliphatic hydroxyl groups excluding tert-OH is 4. The third-order valence-corrected chi connectivity index (χ3v) is 25.2. The molecule has 3 heterocycles. The van der Waals surface area contributed by atoms with Crippen LogP contribution in [-0.4, -0.2) is 191 Å². The topological polar surface area (TPSA) is 416 Å². The number of Topliss-reactive ketones (excluding diaryl/α,β-unsaturated/α-hetero) is 5. The van der Waals surface area contributed by atoms with Crippen molar-refractivity contribution in [3.8, 4) is 33.8 Å². The number of aromatic nitrogens is 3. The number of hydrogen-bond donors (Lipinski definition) is 10. The molecule has 6 amide bonds. The van der Waals surface area contributed by atoms with Gasteiger partial charge in [0.05, 0.1) is 87.5 Å². The van der Waals surface area contributed by atoms with E-state index in [1.165, 1.54) is 43.1 Å². The molecular weight excluding hydrogens is 1890 g/mol. The number of hydrogen-bond acceptors (Lipinski definition) is 23. The number of pyridine rings is 3. The number of rotatable bonds is 49. The summed E-state index contributed by atoms with van der Waals surface area (Å²) in [4.78, 5) is 172. The quantitative estimate of drug-likeness (QED) is 0.0125. The van der Waals surface area contributed by atoms with Gasteiger partial charge in [-0.2, -0.15) is 0 Å². The van der Waals surface area contributed by atoms with Crippen LogP contribution in [0.4, 0.5) is 0 Å². The van der Waals surface area contributed by atoms with Crippen LogP contribution in [0.25, 0.3) is 33.8 Å². The van der Waals surface area contributed by atoms with Gasteiger partial charge in [-0.05, 0) is 153 Å². The van der Waals surface area contributed by atoms with Crippen molar-refractivity contribution in [2.45, 2.75) is 273 Å². The Hall–Kier alpha value is -12.9. The van der Waals surface area contributed by atoms with Crippen LogP contribution in [-0.2, 0) is 101 Å². The summed E-state index contributed by atoms with van der Waals surface area (Å²) in [5, 5.41) is 56.2. The summed E-state index contributed by atoms with van der Waals surface area (Å²) >= 11 is 0. The summed E-state index contributed by atoms with van der Waals surface area (Å²) in [5.41, 5.74) is 6.39. The summed E-state index contributed by atoms with van der Waals surface area (Å²) in [6.45, 7) is -0.155. The Kier molecular flexibility index (Phi) is 38.1. The Morgan fingerprint density at radius 3 is 0.880 bits per heavy atom. The smallest absolute Gasteiger partial charge is 0.306 e. The fourth-order valence-electron chi connectivity index (χ4n) is 17.0. The summed E-state index contributed by atoms with van der Waals surface area (Å²) in [5.74, 6) is -13.8. The normalized spacial score (nSPS) is 16.8. The van der Waals surface area contributed by atoms with Crippen molar-refractivity contribution in [3.05, 3.63) is 270 Å². The van der Waals surface area contributed by atoms with Gasteiger partial charge in [0.1, 0.15) is 18.2 Å². The molecule has 0 radical (unpaired) electrons. The van der Waals surface area contributed by atoms with E-state index in [1.807, 2.05) is 126 Å². The van der Waals surface area contributed by atoms with Gasteiger partial charge in [0.25, 0.3) is 0 Å². The number of carbonyl (C=O) groups excluding carboxylic acids is 12. The second kappa shape index (κ2) is 59.1. The van der Waals surface area contributed by atoms with Gasteiger partial charge in [-0.1, -0.05) is 314 Å². The maximum Gasteiger partial charge on any atom is 0.306 e. The first-order valence-electron chi connectivity index (χ1n) is 59.6. The number of methoxy groups -OCH3 is 1. The van der Waals surface area contributed by atoms with E-state index in [-0.39, 0.29) is 89.3 Å². The SMILES string of the molecule is C.[2H]C([2H])([2H])C(C)([C@H](NC(=O)CO)C(=O)C[C@@H](Cc1ccccc1)[C@@H](O)CN(Cc1ccc(-c2ccccn2)cc1)NC(=O)[C@@H](CC(C)=O)C(C)(C)C)C([2H])([2H])[2H].[2H]C([2H])([2H])C(C)([C@H](NC(C)=O)C(=O)C[C@@H](Cc1ccccc1)[C@@H](O)CN(Cc1ccc(-c2ccccn2)cc1)NC(=O)[C@@H](CC(C)=O)C(C)(C)C)C([2H])([2H])[2H].[2H]C([2H])(c1ccc(-c2ccccn2)cc1)N(C[C@H](O)[C@@H](CC(=O)[C@@H](NC(C)=O)C(C)(C([2H])([2H])[2H])C([2H])([2H])[2H])Cc1ccccc1)NC(=O)[C@@H](CC(=O)OC)C(C)(C)C. The standard InChI is InChI=1S/2C40H54N4O6.C40H54N4O5.CH4/c1-27(45)42-37(40(5,6)7)34(46)23-31(22-28-14-10-9-11-15-28)35(47)26-44(43-38(49)32(39(2,3)4)24-36(48)50-8)25-29-17-19-30(20-18-29)33-16-12-13-21-41-33;1-27(46)21-32(39(2,3)4)38(50)43-44(24-29-16-18-30(19-17-29)33-15-11-12-20-41-33)25-35(48)31(22-28-13-9-8-10-14-28)23-34(47)37(40(5,6)7)42-36(49)26-45;1-27(45)22-33(39(3,4)5)38(49)43-44(25-30-17-19-31(20-18-30)34-16-12-13-21-41-34)26-36(48)32(23-29-14-10-9-11-15-29)24-35(47)37(40(6,7)8)42-28(2)46;/h9-21,31-32,35,37,47H,22-26H2,1-8H3,(H,42,45)(H,43,49);8-20,31-32,35,37,45,48H,21-26H2,1-7H3,(H,42,49)(H,43,50);9-21,32-33,36-37,48H,22-26H2,1-8H3,(H,42,46)(H,43,49);1H4/t2*31-,32-,35+,37-;32-,33-,36+,37-;/m111./s1/i5D3,6D3,25D2;5D3,6D3;6D3,7D3;. The van der Waals surface area contributed by atoms with Crippen LogP contribution in [0.2, 0.25) is 0 Å². The van der Waals surface area contributed by atoms with Crippen LogP contribution in [0.5, 0.6) is 0 Å². The number of esters is 1. The lowest BCUT2D eigenvalue weighted by Gasteiger charge is -2.35. The fraction of sp³-hybridized carbons (Fsp3) is 0.479. The van der Waals surface area contributed by atoms with Crippen molar-refractivity contribution in [1.82, 2.24) is 62.2 Å². The number of benzene rings is 6. The van der Waals surface area contributed by atoms with Gasteiger partial charge in [-0.25, -0.2) is 15.0 Å². The molecule has 12 atom stereocenters. The first kappa shape index (κ1) is 96.7. The van der Waals surface area contributed by atoms with Crippen LogP contribution < -0.4 is 32.2 Å². The molecule has 0 aliphatic carbocycles. The highest BCUT2D eigenvalue weighted by molar-refractivity contribution is 5.92. The second-order valence-corrected chi connectivity index (χ2v) is 42.0. The molecule has 0 aliphatic heterocycles. The molecule has 10 N–H and O–H groups in total. The minimum Gasteiger partial charge on any atom is -0.469 e. The van der Waals surface area contributed by atoms with Crippen LogP contribution in [0, 0.1) is 68.0 Å². The minimum atomic E-state index is -3.27. The third-order valence-electron chi connectivity index (χ3n) is 25.2. The number of ketones is 5. The molecule has 0 saturated carbocycles. The molecule has 29 nitrogen and oxygen atoms in total. The van der Waals surface area contributed by atoms with Crippen molar-refractivity contribution in [3.63, 3.8) is 0 Å². The lowest BCUT2D eigenvalue weighted by atomic mass is 9.77. The average Bonchev–Trinajstić information content (AvgIpc) is 0.745. The zero-order chi connectivity index (χ0) is 127. The first-order valence-corrected chi connectivity index (χ1v) is 49.6. The summed E-state index contributed by atoms with van der Waals surface area (Å²) in [6, 6.07) is 58.0. The largest absolute Gasteiger partial charge is 0.469 e. The van der Waals surface area contributed by atoms with Crippen LogP contribution in [0.15, 0.2) is 237 Å². The molecule has 9 aromatic rings. The van der Waals surface area contributed by atoms with Gasteiger partial charge in [-0.3, -0.25) is 79.2 Å². The predicted molar refractivity (Wildman–Crippen MR) is 588 cm³/mol. The monoisotopic (exact) mass is 2080 g/mol. The van der Waals surface area contributed by atoms with Gasteiger partial charge >= 0.3 is 5.97 Å². The Labute approximate surface area is 917 Å². The molecule has 150 heavy (non-hydrogen) atoms. The molecule has 0 unspecified atom stereocenters. The van der Waals surface area contributed by atoms with E-state index in [4.69, 9.17) is 29.4 Å². The molecule has 0 spiro atoms. The summed E-state index contributed by atoms with van der Waals surface area (Å²) in [6.07, 6.45) is -1.35. The van der Waals surface area contributed by atoms with E-state index in [9.17, 15) is 80.7 Å². The van der Waals surface area contributed by atoms with Gasteiger partial charge in [0.15, 0.2) is 17.3 Å². The fourth-order valence-corrected chi connectivity index (χ4v) is 17.0. The molecule has 6 aromatic carbocycles. The van der Waals surface area contributed by atoms with E-state index in [0.717, 1.165) is 78.8 Å². The van der Waals surface area contributed by atoms with Crippen molar-refractivity contribution in [1.29, 1.82) is 0 Å². The van der Waals surface area contributed by atoms with Crippen LogP contribution >= 0.6 is 0 Å². The maximum absolute atomic E-state index is 14.3. The molecule has 0 fully saturated rings. The van der Waals surface area contributed by atoms with E-state index in [2.05, 4.69) is 47.2 Å².